The molecule has 94 valence electrons. The molecule has 0 spiro atoms. The largest absolute Gasteiger partial charge is 0.478 e. The average Bonchev–Trinajstić information content (AvgIpc) is 2.73. The Morgan fingerprint density at radius 2 is 2.33 bits per heavy atom. The second-order valence-corrected chi connectivity index (χ2v) is 4.57. The molecule has 0 unspecified atom stereocenters. The Balaban J connectivity index is 2.08. The molecule has 0 aliphatic rings. The minimum absolute atomic E-state index is 0.236. The predicted octanol–water partition coefficient (Wildman–Crippen LogP) is 3.06. The number of anilines is 1. The van der Waals surface area contributed by atoms with Gasteiger partial charge < -0.3 is 14.8 Å². The molecule has 2 aromatic rings. The van der Waals surface area contributed by atoms with Crippen LogP contribution < -0.4 is 5.32 Å². The van der Waals surface area contributed by atoms with E-state index in [2.05, 4.69) is 26.2 Å². The summed E-state index contributed by atoms with van der Waals surface area (Å²) in [5.41, 5.74) is 1.02. The number of aromatic carboxylic acids is 1. The lowest BCUT2D eigenvalue weighted by Gasteiger charge is -2.07. The Kier molecular flexibility index (Phi) is 3.66. The SMILES string of the molecule is Cc1cnc(CNc2ccc(C(=O)O)cc2Br)o1. The molecule has 1 heterocycles. The van der Waals surface area contributed by atoms with E-state index < -0.39 is 5.97 Å². The molecule has 5 nitrogen and oxygen atoms in total. The number of oxazole rings is 1. The Morgan fingerprint density at radius 1 is 1.56 bits per heavy atom. The van der Waals surface area contributed by atoms with E-state index in [1.807, 2.05) is 6.92 Å². The lowest BCUT2D eigenvalue weighted by Crippen LogP contribution is -2.02. The predicted molar refractivity (Wildman–Crippen MR) is 69.7 cm³/mol. The number of aromatic nitrogens is 1. The molecule has 0 aliphatic heterocycles. The van der Waals surface area contributed by atoms with Gasteiger partial charge in [0.15, 0.2) is 0 Å². The Bertz CT molecular complexity index is 580. The molecule has 1 aromatic heterocycles. The molecule has 0 saturated heterocycles. The fourth-order valence-corrected chi connectivity index (χ4v) is 1.96. The van der Waals surface area contributed by atoms with Crippen LogP contribution in [-0.2, 0) is 6.54 Å². The molecule has 2 N–H and O–H groups in total. The summed E-state index contributed by atoms with van der Waals surface area (Å²) in [7, 11) is 0. The van der Waals surface area contributed by atoms with Crippen molar-refractivity contribution in [2.45, 2.75) is 13.5 Å². The zero-order chi connectivity index (χ0) is 13.1. The first-order valence-corrected chi connectivity index (χ1v) is 6.03. The monoisotopic (exact) mass is 310 g/mol. The van der Waals surface area contributed by atoms with Crippen LogP contribution in [0.4, 0.5) is 5.69 Å². The summed E-state index contributed by atoms with van der Waals surface area (Å²) in [6.07, 6.45) is 1.65. The second kappa shape index (κ2) is 5.22. The molecule has 0 radical (unpaired) electrons. The van der Waals surface area contributed by atoms with E-state index in [1.165, 1.54) is 6.07 Å². The van der Waals surface area contributed by atoms with Crippen molar-refractivity contribution in [1.82, 2.24) is 4.98 Å². The zero-order valence-corrected chi connectivity index (χ0v) is 11.2. The third kappa shape index (κ3) is 2.89. The summed E-state index contributed by atoms with van der Waals surface area (Å²) in [6.45, 7) is 2.27. The number of nitrogens with zero attached hydrogens (tertiary/aromatic N) is 1. The van der Waals surface area contributed by atoms with Crippen LogP contribution in [0.5, 0.6) is 0 Å². The van der Waals surface area contributed by atoms with Crippen molar-refractivity contribution in [1.29, 1.82) is 0 Å². The van der Waals surface area contributed by atoms with Crippen molar-refractivity contribution in [3.8, 4) is 0 Å². The first-order valence-electron chi connectivity index (χ1n) is 5.24. The highest BCUT2D eigenvalue weighted by Crippen LogP contribution is 2.24. The fourth-order valence-electron chi connectivity index (χ4n) is 1.45. The number of hydrogen-bond donors (Lipinski definition) is 2. The second-order valence-electron chi connectivity index (χ2n) is 3.72. The highest BCUT2D eigenvalue weighted by atomic mass is 79.9. The van der Waals surface area contributed by atoms with Crippen LogP contribution in [0.15, 0.2) is 33.3 Å². The lowest BCUT2D eigenvalue weighted by atomic mass is 10.2. The number of carbonyl (C=O) groups is 1. The number of benzene rings is 1. The van der Waals surface area contributed by atoms with Crippen LogP contribution >= 0.6 is 15.9 Å². The molecule has 0 atom stereocenters. The van der Waals surface area contributed by atoms with Gasteiger partial charge in [0, 0.05) is 10.2 Å². The lowest BCUT2D eigenvalue weighted by molar-refractivity contribution is 0.0697. The maximum atomic E-state index is 10.8. The van der Waals surface area contributed by atoms with Gasteiger partial charge in [0.1, 0.15) is 5.76 Å². The van der Waals surface area contributed by atoms with Crippen molar-refractivity contribution in [3.63, 3.8) is 0 Å². The van der Waals surface area contributed by atoms with E-state index in [4.69, 9.17) is 9.52 Å². The summed E-state index contributed by atoms with van der Waals surface area (Å²) in [5, 5.41) is 12.0. The van der Waals surface area contributed by atoms with Crippen LogP contribution in [0, 0.1) is 6.92 Å². The highest BCUT2D eigenvalue weighted by Gasteiger charge is 2.07. The maximum Gasteiger partial charge on any atom is 0.335 e. The molecule has 6 heteroatoms. The van der Waals surface area contributed by atoms with Crippen LogP contribution in [0.3, 0.4) is 0 Å². The van der Waals surface area contributed by atoms with Crippen molar-refractivity contribution in [2.75, 3.05) is 5.32 Å². The Labute approximate surface area is 112 Å². The van der Waals surface area contributed by atoms with Gasteiger partial charge >= 0.3 is 5.97 Å². The summed E-state index contributed by atoms with van der Waals surface area (Å²) < 4.78 is 6.01. The standard InChI is InChI=1S/C12H11BrN2O3/c1-7-5-15-11(18-7)6-14-10-3-2-8(12(16)17)4-9(10)13/h2-5,14H,6H2,1H3,(H,16,17). The smallest absolute Gasteiger partial charge is 0.335 e. The van der Waals surface area contributed by atoms with Crippen molar-refractivity contribution in [2.24, 2.45) is 0 Å². The number of carboxylic acids is 1. The van der Waals surface area contributed by atoms with Gasteiger partial charge in [-0.2, -0.15) is 0 Å². The van der Waals surface area contributed by atoms with Crippen molar-refractivity contribution < 1.29 is 14.3 Å². The summed E-state index contributed by atoms with van der Waals surface area (Å²) in [4.78, 5) is 14.8. The van der Waals surface area contributed by atoms with E-state index >= 15 is 0 Å². The van der Waals surface area contributed by atoms with Gasteiger partial charge in [-0.3, -0.25) is 0 Å². The first kappa shape index (κ1) is 12.6. The van der Waals surface area contributed by atoms with Crippen LogP contribution in [-0.4, -0.2) is 16.1 Å². The summed E-state index contributed by atoms with van der Waals surface area (Å²) in [5.74, 6) is 0.388. The van der Waals surface area contributed by atoms with Gasteiger partial charge in [-0.05, 0) is 41.1 Å². The molecule has 0 bridgehead atoms. The summed E-state index contributed by atoms with van der Waals surface area (Å²) in [6, 6.07) is 4.78. The molecular weight excluding hydrogens is 300 g/mol. The summed E-state index contributed by atoms with van der Waals surface area (Å²) >= 11 is 3.32. The molecule has 0 aliphatic carbocycles. The van der Waals surface area contributed by atoms with E-state index in [9.17, 15) is 4.79 Å². The fraction of sp³-hybridized carbons (Fsp3) is 0.167. The Morgan fingerprint density at radius 3 is 2.89 bits per heavy atom. The van der Waals surface area contributed by atoms with Gasteiger partial charge in [0.05, 0.1) is 18.3 Å². The Hall–Kier alpha value is -1.82. The first-order chi connectivity index (χ1) is 8.56. The van der Waals surface area contributed by atoms with Gasteiger partial charge in [-0.1, -0.05) is 0 Å². The van der Waals surface area contributed by atoms with Gasteiger partial charge in [0.25, 0.3) is 0 Å². The highest BCUT2D eigenvalue weighted by molar-refractivity contribution is 9.10. The van der Waals surface area contributed by atoms with E-state index in [0.29, 0.717) is 16.9 Å². The van der Waals surface area contributed by atoms with E-state index in [-0.39, 0.29) is 5.56 Å². The molecule has 1 aromatic carbocycles. The van der Waals surface area contributed by atoms with Gasteiger partial charge in [-0.25, -0.2) is 9.78 Å². The normalized spacial score (nSPS) is 10.3. The zero-order valence-electron chi connectivity index (χ0n) is 9.61. The van der Waals surface area contributed by atoms with E-state index in [1.54, 1.807) is 18.3 Å². The van der Waals surface area contributed by atoms with Crippen LogP contribution in [0.25, 0.3) is 0 Å². The maximum absolute atomic E-state index is 10.8. The minimum atomic E-state index is -0.953. The van der Waals surface area contributed by atoms with Gasteiger partial charge in [-0.15, -0.1) is 0 Å². The van der Waals surface area contributed by atoms with E-state index in [0.717, 1.165) is 11.4 Å². The molecule has 2 rings (SSSR count). The third-order valence-corrected chi connectivity index (χ3v) is 2.97. The van der Waals surface area contributed by atoms with Crippen molar-refractivity contribution in [3.05, 3.63) is 46.1 Å². The number of rotatable bonds is 4. The molecule has 0 amide bonds. The molecular formula is C12H11BrN2O3. The molecule has 18 heavy (non-hydrogen) atoms. The number of nitrogens with one attached hydrogen (secondary N) is 1. The molecule has 0 fully saturated rings. The average molecular weight is 311 g/mol. The molecule has 0 saturated carbocycles. The minimum Gasteiger partial charge on any atom is -0.478 e. The number of aryl methyl sites for hydroxylation is 1. The van der Waals surface area contributed by atoms with Crippen LogP contribution in [0.2, 0.25) is 0 Å². The topological polar surface area (TPSA) is 75.4 Å². The number of carboxylic acid groups (broad SMARTS) is 1. The van der Waals surface area contributed by atoms with Gasteiger partial charge in [0.2, 0.25) is 5.89 Å². The van der Waals surface area contributed by atoms with Crippen LogP contribution in [0.1, 0.15) is 22.0 Å². The number of hydrogen-bond acceptors (Lipinski definition) is 4. The quantitative estimate of drug-likeness (QED) is 0.907. The number of halogens is 1. The third-order valence-electron chi connectivity index (χ3n) is 2.32. The van der Waals surface area contributed by atoms with Crippen molar-refractivity contribution >= 4 is 27.6 Å².